The molecule has 0 unspecified atom stereocenters. The van der Waals surface area contributed by atoms with Crippen LogP contribution in [0, 0.1) is 0 Å². The maximum atomic E-state index is 11.9. The lowest BCUT2D eigenvalue weighted by atomic mass is 9.96. The van der Waals surface area contributed by atoms with Gasteiger partial charge in [0.2, 0.25) is 0 Å². The molecule has 212 valence electrons. The molecule has 0 aromatic heterocycles. The van der Waals surface area contributed by atoms with Gasteiger partial charge in [0.1, 0.15) is 42.7 Å². The number of carboxylic acids is 1. The zero-order chi connectivity index (χ0) is 27.0. The Morgan fingerprint density at radius 3 is 2.14 bits per heavy atom. The molecule has 15 nitrogen and oxygen atoms in total. The first kappa shape index (κ1) is 31.2. The van der Waals surface area contributed by atoms with E-state index in [2.05, 4.69) is 6.92 Å². The van der Waals surface area contributed by atoms with Gasteiger partial charge in [-0.1, -0.05) is 39.0 Å². The molecule has 8 N–H and O–H groups in total. The second-order valence-electron chi connectivity index (χ2n) is 8.81. The van der Waals surface area contributed by atoms with Crippen LogP contribution in [0.25, 0.3) is 0 Å². The largest absolute Gasteiger partial charge is 0.479 e. The first-order chi connectivity index (χ1) is 16.9. The quantitative estimate of drug-likeness (QED) is 0.0827. The Labute approximate surface area is 208 Å². The van der Waals surface area contributed by atoms with Gasteiger partial charge >= 0.3 is 16.3 Å². The molecule has 0 saturated carbocycles. The van der Waals surface area contributed by atoms with E-state index < -0.39 is 84.2 Å². The molecular weight excluding hydrogens is 510 g/mol. The van der Waals surface area contributed by atoms with Crippen LogP contribution in [0.3, 0.4) is 0 Å². The fraction of sp³-hybridized carbons (Fsp3) is 0.950. The molecule has 36 heavy (non-hydrogen) atoms. The van der Waals surface area contributed by atoms with Gasteiger partial charge in [-0.15, -0.1) is 0 Å². The van der Waals surface area contributed by atoms with Gasteiger partial charge in [0.05, 0.1) is 6.61 Å². The number of hydrogen-bond acceptors (Lipinski definition) is 12. The van der Waals surface area contributed by atoms with Crippen LogP contribution >= 0.6 is 0 Å². The third kappa shape index (κ3) is 8.50. The predicted octanol–water partition coefficient (Wildman–Crippen LogP) is -2.52. The first-order valence-corrected chi connectivity index (χ1v) is 13.2. The van der Waals surface area contributed by atoms with Crippen LogP contribution in [0.1, 0.15) is 45.4 Å². The third-order valence-corrected chi connectivity index (χ3v) is 6.60. The summed E-state index contributed by atoms with van der Waals surface area (Å²) >= 11 is 0. The average molecular weight is 548 g/mol. The lowest BCUT2D eigenvalue weighted by Crippen LogP contribution is -2.68. The van der Waals surface area contributed by atoms with Crippen molar-refractivity contribution in [3.05, 3.63) is 0 Å². The number of aliphatic hydroxyl groups excluding tert-OH is 5. The molecule has 2 aliphatic heterocycles. The molecule has 0 spiro atoms. The highest BCUT2D eigenvalue weighted by Gasteiger charge is 2.53. The van der Waals surface area contributed by atoms with E-state index in [1.165, 1.54) is 0 Å². The molecule has 0 aliphatic carbocycles. The minimum Gasteiger partial charge on any atom is -0.479 e. The number of unbranched alkanes of at least 4 members (excludes halogenated alkanes) is 5. The molecule has 0 amide bonds. The summed E-state index contributed by atoms with van der Waals surface area (Å²) in [6.07, 6.45) is -10.5. The monoisotopic (exact) mass is 547 g/mol. The van der Waals surface area contributed by atoms with E-state index in [0.717, 1.165) is 32.1 Å². The summed E-state index contributed by atoms with van der Waals surface area (Å²) in [4.78, 5) is 11.9. The van der Waals surface area contributed by atoms with Crippen LogP contribution in [0.2, 0.25) is 0 Å². The van der Waals surface area contributed by atoms with Crippen molar-refractivity contribution in [1.29, 1.82) is 0 Å². The fourth-order valence-corrected chi connectivity index (χ4v) is 4.65. The van der Waals surface area contributed by atoms with Crippen LogP contribution in [0.5, 0.6) is 0 Å². The maximum Gasteiger partial charge on any atom is 0.335 e. The molecule has 0 bridgehead atoms. The van der Waals surface area contributed by atoms with E-state index in [9.17, 15) is 43.9 Å². The Kier molecular flexibility index (Phi) is 12.3. The number of hydrogen-bond donors (Lipinski definition) is 8. The maximum absolute atomic E-state index is 11.9. The normalized spacial score (nSPS) is 37.6. The Hall–Kier alpha value is -1.02. The SMILES string of the molecule is CCCCCCCCO[C@@H]1O[C@H](C(=O)O)[C@@H](O[C@H]2O[C@H](CO)[C@@H](O)[C@H](O)[C@H]2NS(=O)(=O)O)[C@H](O)[C@H]1O. The van der Waals surface area contributed by atoms with Crippen LogP contribution < -0.4 is 4.72 Å². The summed E-state index contributed by atoms with van der Waals surface area (Å²) < 4.78 is 54.8. The Morgan fingerprint density at radius 2 is 1.56 bits per heavy atom. The van der Waals surface area contributed by atoms with Gasteiger partial charge < -0.3 is 49.6 Å². The van der Waals surface area contributed by atoms with Crippen LogP contribution in [0.15, 0.2) is 0 Å². The van der Waals surface area contributed by atoms with E-state index >= 15 is 0 Å². The summed E-state index contributed by atoms with van der Waals surface area (Å²) in [5.41, 5.74) is 0. The molecule has 2 fully saturated rings. The molecule has 2 rings (SSSR count). The van der Waals surface area contributed by atoms with E-state index in [1.54, 1.807) is 4.72 Å². The smallest absolute Gasteiger partial charge is 0.335 e. The summed E-state index contributed by atoms with van der Waals surface area (Å²) in [6.45, 7) is 1.38. The molecule has 2 aliphatic rings. The van der Waals surface area contributed by atoms with Gasteiger partial charge in [-0.3, -0.25) is 4.55 Å². The van der Waals surface area contributed by atoms with E-state index in [-0.39, 0.29) is 6.61 Å². The lowest BCUT2D eigenvalue weighted by Gasteiger charge is -2.46. The average Bonchev–Trinajstić information content (AvgIpc) is 2.81. The summed E-state index contributed by atoms with van der Waals surface area (Å²) in [5.74, 6) is -1.62. The third-order valence-electron chi connectivity index (χ3n) is 6.03. The van der Waals surface area contributed by atoms with Gasteiger partial charge in [-0.05, 0) is 6.42 Å². The van der Waals surface area contributed by atoms with E-state index in [0.29, 0.717) is 6.42 Å². The van der Waals surface area contributed by atoms with E-state index in [1.807, 2.05) is 0 Å². The van der Waals surface area contributed by atoms with Crippen molar-refractivity contribution in [2.45, 2.75) is 107 Å². The van der Waals surface area contributed by atoms with Crippen molar-refractivity contribution in [2.24, 2.45) is 0 Å². The molecule has 16 heteroatoms. The first-order valence-electron chi connectivity index (χ1n) is 11.8. The minimum atomic E-state index is -4.98. The van der Waals surface area contributed by atoms with Crippen molar-refractivity contribution >= 4 is 16.3 Å². The summed E-state index contributed by atoms with van der Waals surface area (Å²) in [5, 5.41) is 60.4. The minimum absolute atomic E-state index is 0.132. The number of rotatable bonds is 14. The number of carbonyl (C=O) groups is 1. The van der Waals surface area contributed by atoms with Crippen molar-refractivity contribution in [3.8, 4) is 0 Å². The molecule has 10 atom stereocenters. The number of aliphatic hydroxyl groups is 5. The second kappa shape index (κ2) is 14.2. The van der Waals surface area contributed by atoms with Gasteiger partial charge in [-0.2, -0.15) is 13.1 Å². The molecule has 2 saturated heterocycles. The molecular formula is C20H37NO14S. The molecule has 2 heterocycles. The van der Waals surface area contributed by atoms with Gasteiger partial charge in [-0.25, -0.2) is 4.79 Å². The van der Waals surface area contributed by atoms with Crippen molar-refractivity contribution in [1.82, 2.24) is 4.72 Å². The predicted molar refractivity (Wildman–Crippen MR) is 119 cm³/mol. The molecule has 0 aromatic rings. The fourth-order valence-electron chi connectivity index (χ4n) is 4.06. The van der Waals surface area contributed by atoms with Crippen molar-refractivity contribution in [2.75, 3.05) is 13.2 Å². The number of ether oxygens (including phenoxy) is 4. The van der Waals surface area contributed by atoms with Crippen LogP contribution in [-0.2, 0) is 34.0 Å². The summed E-state index contributed by atoms with van der Waals surface area (Å²) in [7, 11) is -4.98. The van der Waals surface area contributed by atoms with Crippen molar-refractivity contribution in [3.63, 3.8) is 0 Å². The standard InChI is InChI=1S/C20H37NO14S/c1-2-3-4-5-6-7-8-32-20-15(26)14(25)16(17(35-20)18(27)28)34-19-11(21-36(29,30)31)13(24)12(23)10(9-22)33-19/h10-17,19-26H,2-9H2,1H3,(H,27,28)(H,29,30,31)/t10-,11-,12-,13-,14-,15-,16+,17+,19-,20-/m1/s1. The topological polar surface area (TPSA) is 242 Å². The molecule has 0 radical (unpaired) electrons. The highest BCUT2D eigenvalue weighted by Crippen LogP contribution is 2.30. The van der Waals surface area contributed by atoms with Crippen LogP contribution in [-0.4, -0.2) is 124 Å². The lowest BCUT2D eigenvalue weighted by molar-refractivity contribution is -0.340. The molecule has 0 aromatic carbocycles. The zero-order valence-corrected chi connectivity index (χ0v) is 20.6. The highest BCUT2D eigenvalue weighted by atomic mass is 32.2. The number of aliphatic carboxylic acids is 1. The summed E-state index contributed by atoms with van der Waals surface area (Å²) in [6, 6.07) is -1.89. The Bertz CT molecular complexity index is 784. The zero-order valence-electron chi connectivity index (χ0n) is 19.8. The van der Waals surface area contributed by atoms with Crippen LogP contribution in [0.4, 0.5) is 0 Å². The second-order valence-corrected chi connectivity index (χ2v) is 9.99. The Balaban J connectivity index is 2.11. The number of carboxylic acid groups (broad SMARTS) is 1. The van der Waals surface area contributed by atoms with Gasteiger partial charge in [0.25, 0.3) is 0 Å². The highest BCUT2D eigenvalue weighted by molar-refractivity contribution is 7.83. The van der Waals surface area contributed by atoms with E-state index in [4.69, 9.17) is 23.5 Å². The Morgan fingerprint density at radius 1 is 0.917 bits per heavy atom. The number of nitrogens with one attached hydrogen (secondary N) is 1. The van der Waals surface area contributed by atoms with Gasteiger partial charge in [0.15, 0.2) is 18.7 Å². The van der Waals surface area contributed by atoms with Crippen molar-refractivity contribution < 1.29 is 67.4 Å². The van der Waals surface area contributed by atoms with Gasteiger partial charge in [0, 0.05) is 6.61 Å².